The molecule has 0 radical (unpaired) electrons. The van der Waals surface area contributed by atoms with Gasteiger partial charge in [-0.15, -0.1) is 0 Å². The van der Waals surface area contributed by atoms with Crippen molar-refractivity contribution in [1.82, 2.24) is 10.2 Å². The van der Waals surface area contributed by atoms with Crippen LogP contribution in [0.15, 0.2) is 0 Å². The summed E-state index contributed by atoms with van der Waals surface area (Å²) in [5.74, 6) is 0.207. The standard InChI is InChI=1S/C13H23N3O2/c14-12(17)9-16(11-5-6-15-8-11)13(18)7-10-3-1-2-4-10/h10-11,15H,1-9H2,(H2,14,17). The zero-order valence-corrected chi connectivity index (χ0v) is 10.9. The lowest BCUT2D eigenvalue weighted by atomic mass is 10.0. The summed E-state index contributed by atoms with van der Waals surface area (Å²) in [7, 11) is 0. The topological polar surface area (TPSA) is 75.4 Å². The SMILES string of the molecule is NC(=O)CN(C(=O)CC1CCCC1)C1CCNC1. The van der Waals surface area contributed by atoms with Crippen molar-refractivity contribution < 1.29 is 9.59 Å². The zero-order valence-electron chi connectivity index (χ0n) is 10.9. The average molecular weight is 253 g/mol. The lowest BCUT2D eigenvalue weighted by Gasteiger charge is -2.28. The largest absolute Gasteiger partial charge is 0.368 e. The van der Waals surface area contributed by atoms with E-state index in [4.69, 9.17) is 5.73 Å². The van der Waals surface area contributed by atoms with E-state index in [1.165, 1.54) is 12.8 Å². The summed E-state index contributed by atoms with van der Waals surface area (Å²) in [6.07, 6.45) is 6.28. The van der Waals surface area contributed by atoms with Gasteiger partial charge in [-0.25, -0.2) is 0 Å². The minimum absolute atomic E-state index is 0.0674. The van der Waals surface area contributed by atoms with Gasteiger partial charge in [0, 0.05) is 19.0 Å². The third-order valence-electron chi connectivity index (χ3n) is 4.06. The first kappa shape index (κ1) is 13.3. The van der Waals surface area contributed by atoms with Gasteiger partial charge >= 0.3 is 0 Å². The molecule has 1 unspecified atom stereocenters. The monoisotopic (exact) mass is 253 g/mol. The quantitative estimate of drug-likeness (QED) is 0.737. The zero-order chi connectivity index (χ0) is 13.0. The van der Waals surface area contributed by atoms with Gasteiger partial charge in [-0.2, -0.15) is 0 Å². The molecule has 2 fully saturated rings. The van der Waals surface area contributed by atoms with Crippen LogP contribution in [0.4, 0.5) is 0 Å². The Kier molecular flexibility index (Phi) is 4.58. The highest BCUT2D eigenvalue weighted by molar-refractivity contribution is 5.84. The fourth-order valence-electron chi connectivity index (χ4n) is 3.07. The van der Waals surface area contributed by atoms with Gasteiger partial charge in [0.2, 0.25) is 11.8 Å². The molecular formula is C13H23N3O2. The first-order chi connectivity index (χ1) is 8.66. The van der Waals surface area contributed by atoms with E-state index in [1.807, 2.05) is 0 Å². The molecule has 0 aromatic heterocycles. The summed E-state index contributed by atoms with van der Waals surface area (Å²) in [6.45, 7) is 1.76. The minimum Gasteiger partial charge on any atom is -0.368 e. The number of primary amides is 1. The summed E-state index contributed by atoms with van der Waals surface area (Å²) < 4.78 is 0. The predicted molar refractivity (Wildman–Crippen MR) is 68.8 cm³/mol. The normalized spacial score (nSPS) is 24.3. The molecule has 2 rings (SSSR count). The van der Waals surface area contributed by atoms with Crippen molar-refractivity contribution in [3.63, 3.8) is 0 Å². The van der Waals surface area contributed by atoms with Gasteiger partial charge in [-0.1, -0.05) is 12.8 Å². The molecule has 0 aromatic carbocycles. The number of nitrogens with zero attached hydrogens (tertiary/aromatic N) is 1. The number of carbonyl (C=O) groups is 2. The maximum absolute atomic E-state index is 12.3. The molecule has 102 valence electrons. The highest BCUT2D eigenvalue weighted by Gasteiger charge is 2.29. The molecule has 18 heavy (non-hydrogen) atoms. The van der Waals surface area contributed by atoms with E-state index in [1.54, 1.807) is 4.90 Å². The number of rotatable bonds is 5. The third kappa shape index (κ3) is 3.45. The van der Waals surface area contributed by atoms with Crippen molar-refractivity contribution in [3.05, 3.63) is 0 Å². The van der Waals surface area contributed by atoms with Gasteiger partial charge < -0.3 is 16.0 Å². The molecule has 1 heterocycles. The maximum Gasteiger partial charge on any atom is 0.237 e. The maximum atomic E-state index is 12.3. The van der Waals surface area contributed by atoms with Crippen LogP contribution in [0.1, 0.15) is 38.5 Å². The minimum atomic E-state index is -0.415. The van der Waals surface area contributed by atoms with Crippen LogP contribution in [0.3, 0.4) is 0 Å². The molecule has 1 saturated carbocycles. The molecule has 5 heteroatoms. The lowest BCUT2D eigenvalue weighted by Crippen LogP contribution is -2.46. The average Bonchev–Trinajstić information content (AvgIpc) is 2.97. The third-order valence-corrected chi connectivity index (χ3v) is 4.06. The van der Waals surface area contributed by atoms with E-state index in [0.29, 0.717) is 12.3 Å². The molecule has 1 aliphatic heterocycles. The van der Waals surface area contributed by atoms with Crippen LogP contribution in [0.25, 0.3) is 0 Å². The molecule has 2 aliphatic rings. The summed E-state index contributed by atoms with van der Waals surface area (Å²) in [5, 5.41) is 3.23. The lowest BCUT2D eigenvalue weighted by molar-refractivity contribution is -0.138. The van der Waals surface area contributed by atoms with Crippen molar-refractivity contribution in [1.29, 1.82) is 0 Å². The van der Waals surface area contributed by atoms with Crippen molar-refractivity contribution in [2.24, 2.45) is 11.7 Å². The molecule has 5 nitrogen and oxygen atoms in total. The molecule has 0 bridgehead atoms. The molecule has 2 amide bonds. The highest BCUT2D eigenvalue weighted by atomic mass is 16.2. The smallest absolute Gasteiger partial charge is 0.237 e. The van der Waals surface area contributed by atoms with Gasteiger partial charge in [0.05, 0.1) is 6.54 Å². The Morgan fingerprint density at radius 2 is 1.94 bits per heavy atom. The Morgan fingerprint density at radius 1 is 1.22 bits per heavy atom. The second kappa shape index (κ2) is 6.18. The molecular weight excluding hydrogens is 230 g/mol. The van der Waals surface area contributed by atoms with E-state index in [9.17, 15) is 9.59 Å². The Morgan fingerprint density at radius 3 is 2.50 bits per heavy atom. The molecule has 1 saturated heterocycles. The van der Waals surface area contributed by atoms with Gasteiger partial charge in [-0.05, 0) is 31.7 Å². The molecule has 0 spiro atoms. The molecule has 0 aromatic rings. The summed E-state index contributed by atoms with van der Waals surface area (Å²) in [6, 6.07) is 0.145. The van der Waals surface area contributed by atoms with Gasteiger partial charge in [-0.3, -0.25) is 9.59 Å². The van der Waals surface area contributed by atoms with E-state index in [0.717, 1.165) is 32.4 Å². The fraction of sp³-hybridized carbons (Fsp3) is 0.846. The summed E-state index contributed by atoms with van der Waals surface area (Å²) in [4.78, 5) is 25.1. The van der Waals surface area contributed by atoms with Gasteiger partial charge in [0.1, 0.15) is 0 Å². The summed E-state index contributed by atoms with van der Waals surface area (Å²) in [5.41, 5.74) is 5.25. The summed E-state index contributed by atoms with van der Waals surface area (Å²) >= 11 is 0. The second-order valence-corrected chi connectivity index (χ2v) is 5.49. The number of nitrogens with two attached hydrogens (primary N) is 1. The Labute approximate surface area is 108 Å². The Bertz CT molecular complexity index is 307. The van der Waals surface area contributed by atoms with E-state index < -0.39 is 5.91 Å². The van der Waals surface area contributed by atoms with Crippen LogP contribution in [-0.2, 0) is 9.59 Å². The first-order valence-electron chi connectivity index (χ1n) is 6.95. The number of carbonyl (C=O) groups excluding carboxylic acids is 2. The highest BCUT2D eigenvalue weighted by Crippen LogP contribution is 2.28. The van der Waals surface area contributed by atoms with Gasteiger partial charge in [0.25, 0.3) is 0 Å². The number of nitrogens with one attached hydrogen (secondary N) is 1. The Balaban J connectivity index is 1.93. The number of amides is 2. The fourth-order valence-corrected chi connectivity index (χ4v) is 3.07. The number of hydrogen-bond donors (Lipinski definition) is 2. The van der Waals surface area contributed by atoms with E-state index in [2.05, 4.69) is 5.32 Å². The van der Waals surface area contributed by atoms with Crippen LogP contribution in [-0.4, -0.2) is 42.4 Å². The van der Waals surface area contributed by atoms with Crippen molar-refractivity contribution in [3.8, 4) is 0 Å². The van der Waals surface area contributed by atoms with Crippen LogP contribution in [0, 0.1) is 5.92 Å². The first-order valence-corrected chi connectivity index (χ1v) is 6.95. The van der Waals surface area contributed by atoms with Crippen molar-refractivity contribution >= 4 is 11.8 Å². The van der Waals surface area contributed by atoms with Crippen LogP contribution in [0.2, 0.25) is 0 Å². The van der Waals surface area contributed by atoms with E-state index >= 15 is 0 Å². The van der Waals surface area contributed by atoms with Crippen molar-refractivity contribution in [2.75, 3.05) is 19.6 Å². The molecule has 1 atom stereocenters. The predicted octanol–water partition coefficient (Wildman–Crippen LogP) is 0.242. The van der Waals surface area contributed by atoms with E-state index in [-0.39, 0.29) is 18.5 Å². The molecule has 3 N–H and O–H groups in total. The van der Waals surface area contributed by atoms with Crippen LogP contribution >= 0.6 is 0 Å². The number of hydrogen-bond acceptors (Lipinski definition) is 3. The molecule has 1 aliphatic carbocycles. The second-order valence-electron chi connectivity index (χ2n) is 5.49. The van der Waals surface area contributed by atoms with Crippen LogP contribution in [0.5, 0.6) is 0 Å². The van der Waals surface area contributed by atoms with Crippen LogP contribution < -0.4 is 11.1 Å². The van der Waals surface area contributed by atoms with Gasteiger partial charge in [0.15, 0.2) is 0 Å². The Hall–Kier alpha value is -1.10. The van der Waals surface area contributed by atoms with Crippen molar-refractivity contribution in [2.45, 2.75) is 44.6 Å².